The van der Waals surface area contributed by atoms with Crippen LogP contribution in [-0.4, -0.2) is 58.8 Å². The number of phenolic OH excluding ortho intramolecular Hbond substituents is 1. The molecule has 7 nitrogen and oxygen atoms in total. The number of hydrogen-bond acceptors (Lipinski definition) is 5. The lowest BCUT2D eigenvalue weighted by molar-refractivity contribution is 0.155. The van der Waals surface area contributed by atoms with Gasteiger partial charge in [0, 0.05) is 25.2 Å². The Morgan fingerprint density at radius 1 is 1.03 bits per heavy atom. The molecule has 2 N–H and O–H groups in total. The van der Waals surface area contributed by atoms with Gasteiger partial charge in [-0.05, 0) is 67.3 Å². The molecule has 3 amide bonds. The van der Waals surface area contributed by atoms with Crippen molar-refractivity contribution in [2.75, 3.05) is 19.7 Å². The van der Waals surface area contributed by atoms with E-state index in [9.17, 15) is 23.5 Å². The second-order valence-electron chi connectivity index (χ2n) is 9.63. The third kappa shape index (κ3) is 4.82. The van der Waals surface area contributed by atoms with Gasteiger partial charge in [0.1, 0.15) is 18.4 Å². The highest BCUT2D eigenvalue weighted by Crippen LogP contribution is 2.39. The van der Waals surface area contributed by atoms with Gasteiger partial charge in [-0.1, -0.05) is 24.3 Å². The Balaban J connectivity index is 1.16. The highest BCUT2D eigenvalue weighted by Gasteiger charge is 2.41. The Labute approximate surface area is 202 Å². The first-order valence-corrected chi connectivity index (χ1v) is 12.1. The number of benzene rings is 2. The number of carbonyl (C=O) groups excluding carboxylic acids is 2. The molecule has 0 radical (unpaired) electrons. The van der Waals surface area contributed by atoms with Crippen LogP contribution in [0.2, 0.25) is 0 Å². The van der Waals surface area contributed by atoms with Gasteiger partial charge >= 0.3 is 12.1 Å². The number of phenols is 1. The fraction of sp³-hybridized carbons (Fsp3) is 0.462. The van der Waals surface area contributed by atoms with Gasteiger partial charge < -0.3 is 15.2 Å². The SMILES string of the molecule is O=C(NC1CCN(C2CCC(c3ccccc3O)CC2)C1)N1C(=O)OCC1c1ccc(F)c(F)c1. The first kappa shape index (κ1) is 23.5. The van der Waals surface area contributed by atoms with E-state index >= 15 is 0 Å². The number of aromatic hydroxyl groups is 1. The predicted octanol–water partition coefficient (Wildman–Crippen LogP) is 4.67. The summed E-state index contributed by atoms with van der Waals surface area (Å²) in [5, 5.41) is 13.1. The number of cyclic esters (lactones) is 1. The molecule has 2 atom stereocenters. The molecule has 0 aromatic heterocycles. The number of nitrogens with one attached hydrogen (secondary N) is 1. The van der Waals surface area contributed by atoms with Crippen molar-refractivity contribution in [3.63, 3.8) is 0 Å². The molecule has 5 rings (SSSR count). The summed E-state index contributed by atoms with van der Waals surface area (Å²) in [6.45, 7) is 1.44. The van der Waals surface area contributed by atoms with Gasteiger partial charge in [-0.25, -0.2) is 23.3 Å². The number of halogens is 2. The van der Waals surface area contributed by atoms with E-state index in [-0.39, 0.29) is 12.6 Å². The minimum absolute atomic E-state index is 0.103. The number of rotatable bonds is 4. The van der Waals surface area contributed by atoms with Gasteiger partial charge in [0.05, 0.1) is 0 Å². The molecular formula is C26H29F2N3O4. The maximum atomic E-state index is 13.7. The van der Waals surface area contributed by atoms with Crippen LogP contribution in [0.3, 0.4) is 0 Å². The minimum Gasteiger partial charge on any atom is -0.508 e. The van der Waals surface area contributed by atoms with Crippen molar-refractivity contribution in [1.82, 2.24) is 15.1 Å². The molecule has 9 heteroatoms. The van der Waals surface area contributed by atoms with Gasteiger partial charge in [-0.2, -0.15) is 0 Å². The van der Waals surface area contributed by atoms with Crippen LogP contribution in [0.1, 0.15) is 55.2 Å². The zero-order chi connectivity index (χ0) is 24.5. The van der Waals surface area contributed by atoms with E-state index in [1.807, 2.05) is 18.2 Å². The standard InChI is InChI=1S/C26H29F2N3O4/c27-21-10-7-17(13-22(21)28)23-15-35-26(34)31(23)25(33)29-18-11-12-30(14-18)19-8-5-16(6-9-19)20-3-1-2-4-24(20)32/h1-4,7,10,13,16,18-19,23,32H,5-6,8-9,11-12,14-15H2,(H,29,33). The number of amides is 3. The maximum absolute atomic E-state index is 13.7. The van der Waals surface area contributed by atoms with Gasteiger partial charge in [-0.3, -0.25) is 4.90 Å². The van der Waals surface area contributed by atoms with Gasteiger partial charge in [-0.15, -0.1) is 0 Å². The van der Waals surface area contributed by atoms with Crippen LogP contribution in [-0.2, 0) is 4.74 Å². The lowest BCUT2D eigenvalue weighted by Gasteiger charge is -2.35. The number of para-hydroxylation sites is 1. The number of ether oxygens (including phenoxy) is 1. The van der Waals surface area contributed by atoms with Crippen molar-refractivity contribution in [2.24, 2.45) is 0 Å². The molecule has 2 unspecified atom stereocenters. The molecule has 35 heavy (non-hydrogen) atoms. The maximum Gasteiger partial charge on any atom is 0.418 e. The highest BCUT2D eigenvalue weighted by atomic mass is 19.2. The molecule has 2 saturated heterocycles. The molecule has 2 aromatic rings. The molecule has 3 fully saturated rings. The van der Waals surface area contributed by atoms with Crippen molar-refractivity contribution in [3.8, 4) is 5.75 Å². The van der Waals surface area contributed by atoms with Crippen LogP contribution < -0.4 is 5.32 Å². The van der Waals surface area contributed by atoms with Gasteiger partial charge in [0.25, 0.3) is 0 Å². The van der Waals surface area contributed by atoms with Gasteiger partial charge in [0.2, 0.25) is 0 Å². The second-order valence-corrected chi connectivity index (χ2v) is 9.63. The fourth-order valence-corrected chi connectivity index (χ4v) is 5.68. The molecule has 186 valence electrons. The third-order valence-electron chi connectivity index (χ3n) is 7.56. The zero-order valence-electron chi connectivity index (χ0n) is 19.3. The Morgan fingerprint density at radius 3 is 2.54 bits per heavy atom. The molecule has 2 heterocycles. The first-order chi connectivity index (χ1) is 16.9. The molecular weight excluding hydrogens is 456 g/mol. The third-order valence-corrected chi connectivity index (χ3v) is 7.56. The number of nitrogens with zero attached hydrogens (tertiary/aromatic N) is 2. The lowest BCUT2D eigenvalue weighted by atomic mass is 9.81. The van der Waals surface area contributed by atoms with E-state index in [0.717, 1.165) is 61.2 Å². The largest absolute Gasteiger partial charge is 0.508 e. The lowest BCUT2D eigenvalue weighted by Crippen LogP contribution is -2.47. The summed E-state index contributed by atoms with van der Waals surface area (Å²) in [6, 6.07) is 9.78. The molecule has 2 aliphatic heterocycles. The van der Waals surface area contributed by atoms with E-state index in [4.69, 9.17) is 4.74 Å². The molecule has 1 saturated carbocycles. The van der Waals surface area contributed by atoms with E-state index in [0.29, 0.717) is 29.8 Å². The summed E-state index contributed by atoms with van der Waals surface area (Å²) < 4.78 is 32.1. The van der Waals surface area contributed by atoms with Crippen molar-refractivity contribution in [1.29, 1.82) is 0 Å². The molecule has 3 aliphatic rings. The summed E-state index contributed by atoms with van der Waals surface area (Å²) in [4.78, 5) is 28.6. The zero-order valence-corrected chi connectivity index (χ0v) is 19.3. The average molecular weight is 486 g/mol. The number of hydrogen-bond donors (Lipinski definition) is 2. The van der Waals surface area contributed by atoms with Crippen LogP contribution in [0.15, 0.2) is 42.5 Å². The number of likely N-dealkylation sites (tertiary alicyclic amines) is 1. The number of urea groups is 1. The van der Waals surface area contributed by atoms with Crippen molar-refractivity contribution < 1.29 is 28.2 Å². The Kier molecular flexibility index (Phi) is 6.60. The minimum atomic E-state index is -1.04. The van der Waals surface area contributed by atoms with E-state index in [2.05, 4.69) is 10.2 Å². The summed E-state index contributed by atoms with van der Waals surface area (Å²) in [5.74, 6) is -1.30. The van der Waals surface area contributed by atoms with E-state index < -0.39 is 29.8 Å². The Hall–Kier alpha value is -3.20. The summed E-state index contributed by atoms with van der Waals surface area (Å²) >= 11 is 0. The Bertz CT molecular complexity index is 1110. The van der Waals surface area contributed by atoms with Crippen LogP contribution in [0.25, 0.3) is 0 Å². The summed E-state index contributed by atoms with van der Waals surface area (Å²) in [6.07, 6.45) is 4.03. The molecule has 1 aliphatic carbocycles. The first-order valence-electron chi connectivity index (χ1n) is 12.1. The van der Waals surface area contributed by atoms with Crippen molar-refractivity contribution in [3.05, 3.63) is 65.2 Å². The summed E-state index contributed by atoms with van der Waals surface area (Å²) in [5.41, 5.74) is 1.32. The summed E-state index contributed by atoms with van der Waals surface area (Å²) in [7, 11) is 0. The number of carbonyl (C=O) groups is 2. The monoisotopic (exact) mass is 485 g/mol. The van der Waals surface area contributed by atoms with Crippen LogP contribution >= 0.6 is 0 Å². The molecule has 0 bridgehead atoms. The van der Waals surface area contributed by atoms with E-state index in [1.165, 1.54) is 6.07 Å². The normalized spacial score (nSPS) is 27.1. The quantitative estimate of drug-likeness (QED) is 0.658. The van der Waals surface area contributed by atoms with Crippen LogP contribution in [0.4, 0.5) is 18.4 Å². The van der Waals surface area contributed by atoms with Crippen molar-refractivity contribution >= 4 is 12.1 Å². The molecule has 2 aromatic carbocycles. The topological polar surface area (TPSA) is 82.1 Å². The fourth-order valence-electron chi connectivity index (χ4n) is 5.68. The second kappa shape index (κ2) is 9.81. The number of imide groups is 1. The van der Waals surface area contributed by atoms with Crippen LogP contribution in [0.5, 0.6) is 5.75 Å². The van der Waals surface area contributed by atoms with Crippen molar-refractivity contribution in [2.45, 2.75) is 56.1 Å². The van der Waals surface area contributed by atoms with Gasteiger partial charge in [0.15, 0.2) is 11.6 Å². The average Bonchev–Trinajstić information content (AvgIpc) is 3.48. The van der Waals surface area contributed by atoms with E-state index in [1.54, 1.807) is 6.07 Å². The highest BCUT2D eigenvalue weighted by molar-refractivity contribution is 5.92. The predicted molar refractivity (Wildman–Crippen MR) is 124 cm³/mol. The molecule has 0 spiro atoms. The Morgan fingerprint density at radius 2 is 1.80 bits per heavy atom. The van der Waals surface area contributed by atoms with Crippen LogP contribution in [0, 0.1) is 11.6 Å². The smallest absolute Gasteiger partial charge is 0.418 e.